The number of carbonyl (C=O) groups is 5. The molecule has 0 aliphatic carbocycles. The Morgan fingerprint density at radius 2 is 1.47 bits per heavy atom. The van der Waals surface area contributed by atoms with E-state index in [0.29, 0.717) is 37.4 Å². The summed E-state index contributed by atoms with van der Waals surface area (Å²) < 4.78 is 5.01. The van der Waals surface area contributed by atoms with Crippen LogP contribution in [0.25, 0.3) is 0 Å². The predicted octanol–water partition coefficient (Wildman–Crippen LogP) is 3.08. The van der Waals surface area contributed by atoms with Crippen molar-refractivity contribution in [3.63, 3.8) is 0 Å². The molecule has 0 heterocycles. The van der Waals surface area contributed by atoms with Gasteiger partial charge in [-0.2, -0.15) is 0 Å². The molecule has 13 nitrogen and oxygen atoms in total. The number of hydrogen-bond donors (Lipinski definition) is 7. The first-order chi connectivity index (χ1) is 21.5. The summed E-state index contributed by atoms with van der Waals surface area (Å²) in [7, 11) is 4.31. The number of nitrogens with two attached hydrogens (primary N) is 1. The van der Waals surface area contributed by atoms with Gasteiger partial charge in [0, 0.05) is 26.3 Å². The summed E-state index contributed by atoms with van der Waals surface area (Å²) in [5.74, 6) is -0.649. The molecular weight excluding hydrogens is 580 g/mol. The molecule has 0 fully saturated rings. The zero-order valence-corrected chi connectivity index (χ0v) is 28.8. The molecule has 2 unspecified atom stereocenters. The number of nitrogens with one attached hydrogen (secondary N) is 5. The number of alkyl carbamates (subject to hydrolysis) is 1. The van der Waals surface area contributed by atoms with E-state index in [1.54, 1.807) is 24.3 Å². The van der Waals surface area contributed by atoms with Crippen molar-refractivity contribution in [2.75, 3.05) is 33.1 Å². The van der Waals surface area contributed by atoms with Gasteiger partial charge in [-0.05, 0) is 62.4 Å². The van der Waals surface area contributed by atoms with Crippen molar-refractivity contribution in [1.29, 1.82) is 0 Å². The number of benzene rings is 1. The van der Waals surface area contributed by atoms with Gasteiger partial charge in [-0.25, -0.2) is 4.79 Å². The van der Waals surface area contributed by atoms with E-state index in [4.69, 9.17) is 14.6 Å². The normalized spacial score (nSPS) is 10.7. The molecule has 0 aliphatic heterocycles. The van der Waals surface area contributed by atoms with Gasteiger partial charge in [-0.15, -0.1) is 13.2 Å². The van der Waals surface area contributed by atoms with Crippen LogP contribution in [-0.4, -0.2) is 75.2 Å². The number of carbonyl (C=O) groups excluding carboxylic acids is 5. The second-order valence-corrected chi connectivity index (χ2v) is 9.68. The first-order valence-corrected chi connectivity index (χ1v) is 15.1. The first-order valence-electron chi connectivity index (χ1n) is 15.1. The lowest BCUT2D eigenvalue weighted by atomic mass is 10.0. The molecule has 0 aliphatic rings. The average molecular weight is 641 g/mol. The van der Waals surface area contributed by atoms with Gasteiger partial charge >= 0.3 is 6.09 Å². The van der Waals surface area contributed by atoms with Gasteiger partial charge in [-0.3, -0.25) is 19.2 Å². The van der Waals surface area contributed by atoms with Gasteiger partial charge in [0.2, 0.25) is 24.1 Å². The van der Waals surface area contributed by atoms with E-state index in [-0.39, 0.29) is 36.7 Å². The predicted molar refractivity (Wildman–Crippen MR) is 181 cm³/mol. The smallest absolute Gasteiger partial charge is 0.407 e. The van der Waals surface area contributed by atoms with Crippen molar-refractivity contribution in [2.24, 2.45) is 17.6 Å². The van der Waals surface area contributed by atoms with Crippen molar-refractivity contribution >= 4 is 35.9 Å². The van der Waals surface area contributed by atoms with E-state index in [9.17, 15) is 19.2 Å². The zero-order valence-electron chi connectivity index (χ0n) is 28.8. The van der Waals surface area contributed by atoms with Gasteiger partial charge in [0.05, 0.1) is 0 Å². The lowest BCUT2D eigenvalue weighted by Gasteiger charge is -2.25. The average Bonchev–Trinajstić information content (AvgIpc) is 3.04. The summed E-state index contributed by atoms with van der Waals surface area (Å²) in [6, 6.07) is 5.40. The molecule has 0 saturated heterocycles. The maximum atomic E-state index is 13.1. The van der Waals surface area contributed by atoms with E-state index < -0.39 is 18.2 Å². The molecule has 0 saturated carbocycles. The number of aliphatic hydroxyl groups excluding tert-OH is 1. The minimum Gasteiger partial charge on any atom is -0.445 e. The van der Waals surface area contributed by atoms with Gasteiger partial charge in [0.25, 0.3) is 0 Å². The summed E-state index contributed by atoms with van der Waals surface area (Å²) in [4.78, 5) is 58.3. The Balaban J connectivity index is -0.000000844. The number of ether oxygens (including phenoxy) is 1. The van der Waals surface area contributed by atoms with Gasteiger partial charge in [0.1, 0.15) is 18.7 Å². The Kier molecular flexibility index (Phi) is 35.1. The van der Waals surface area contributed by atoms with Gasteiger partial charge in [-0.1, -0.05) is 53.7 Å². The standard InChI is InChI=1S/C26H43N5O5.C2H6.C2H4.CH3NO.CH4O/c1-17(2)9-14-22(32)31-23(18(3)4)25(34)30-21(8-7-15-27-5)24(33)29-20-12-10-19(11-13-20)16-36-26(35)28-6;2*1-2;2-1-3;1-2/h10-13,17-18,21,23,27H,7-9,14-16H2,1-6H3,(H,28,35)(H,29,33)(H,30,34)(H,31,32);1-2H3;1-2H2;1H,(H2,2,3);2H,1H3. The highest BCUT2D eigenvalue weighted by atomic mass is 16.5. The fourth-order valence-electron chi connectivity index (χ4n) is 3.35. The first kappa shape index (κ1) is 47.9. The minimum absolute atomic E-state index is 0.107. The third kappa shape index (κ3) is 26.2. The zero-order chi connectivity index (χ0) is 35.8. The lowest BCUT2D eigenvalue weighted by Crippen LogP contribution is -2.54. The van der Waals surface area contributed by atoms with Crippen LogP contribution in [0.15, 0.2) is 37.4 Å². The van der Waals surface area contributed by atoms with E-state index in [1.807, 2.05) is 48.6 Å². The molecule has 13 heteroatoms. The molecule has 0 aromatic heterocycles. The molecule has 260 valence electrons. The Labute approximate surface area is 270 Å². The van der Waals surface area contributed by atoms with Crippen molar-refractivity contribution < 1.29 is 33.8 Å². The van der Waals surface area contributed by atoms with E-state index in [2.05, 4.69) is 45.5 Å². The molecule has 1 rings (SSSR count). The Bertz CT molecular complexity index is 912. The third-order valence-electron chi connectivity index (χ3n) is 5.56. The quantitative estimate of drug-likeness (QED) is 0.0861. The van der Waals surface area contributed by atoms with Gasteiger partial charge in [0.15, 0.2) is 0 Å². The van der Waals surface area contributed by atoms with E-state index in [0.717, 1.165) is 19.1 Å². The Morgan fingerprint density at radius 1 is 0.933 bits per heavy atom. The molecule has 8 N–H and O–H groups in total. The van der Waals surface area contributed by atoms with Crippen LogP contribution < -0.4 is 32.3 Å². The lowest BCUT2D eigenvalue weighted by molar-refractivity contribution is -0.132. The number of primary amides is 1. The minimum atomic E-state index is -0.768. The molecule has 5 amide bonds. The fraction of sp³-hybridized carbons (Fsp3) is 0.594. The molecular formula is C32H60N6O7. The second kappa shape index (κ2) is 32.9. The number of rotatable bonds is 15. The maximum Gasteiger partial charge on any atom is 0.407 e. The fourth-order valence-corrected chi connectivity index (χ4v) is 3.35. The molecule has 1 aromatic carbocycles. The summed E-state index contributed by atoms with van der Waals surface area (Å²) in [6.45, 7) is 18.6. The van der Waals surface area contributed by atoms with Crippen LogP contribution in [0.5, 0.6) is 0 Å². The molecule has 0 spiro atoms. The third-order valence-corrected chi connectivity index (χ3v) is 5.56. The van der Waals surface area contributed by atoms with Crippen LogP contribution in [0.3, 0.4) is 0 Å². The molecule has 2 atom stereocenters. The van der Waals surface area contributed by atoms with E-state index in [1.165, 1.54) is 7.05 Å². The van der Waals surface area contributed by atoms with Crippen LogP contribution in [0.2, 0.25) is 0 Å². The van der Waals surface area contributed by atoms with E-state index >= 15 is 0 Å². The monoisotopic (exact) mass is 640 g/mol. The molecule has 0 bridgehead atoms. The Hall–Kier alpha value is -3.97. The largest absolute Gasteiger partial charge is 0.445 e. The van der Waals surface area contributed by atoms with Crippen LogP contribution in [0.4, 0.5) is 10.5 Å². The topological polar surface area (TPSA) is 201 Å². The van der Waals surface area contributed by atoms with Crippen LogP contribution in [0.1, 0.15) is 72.8 Å². The molecule has 1 aromatic rings. The van der Waals surface area contributed by atoms with Crippen LogP contribution in [-0.2, 0) is 30.5 Å². The Morgan fingerprint density at radius 3 is 1.91 bits per heavy atom. The summed E-state index contributed by atoms with van der Waals surface area (Å²) >= 11 is 0. The van der Waals surface area contributed by atoms with Crippen molar-refractivity contribution in [3.05, 3.63) is 43.0 Å². The van der Waals surface area contributed by atoms with Gasteiger partial charge < -0.3 is 42.2 Å². The SMILES string of the molecule is C=C.CC.CNCCCC(NC(=O)C(NC(=O)CCC(C)C)C(C)C)C(=O)Nc1ccc(COC(=O)NC)cc1.CO.NC=O. The number of hydrogen-bond acceptors (Lipinski definition) is 8. The summed E-state index contributed by atoms with van der Waals surface area (Å²) in [6.07, 6.45) is 1.93. The number of anilines is 1. The highest BCUT2D eigenvalue weighted by Crippen LogP contribution is 2.13. The van der Waals surface area contributed by atoms with Crippen molar-refractivity contribution in [1.82, 2.24) is 21.3 Å². The second-order valence-electron chi connectivity index (χ2n) is 9.68. The van der Waals surface area contributed by atoms with Crippen LogP contribution >= 0.6 is 0 Å². The number of amides is 5. The highest BCUT2D eigenvalue weighted by molar-refractivity contribution is 5.98. The van der Waals surface area contributed by atoms with Crippen molar-refractivity contribution in [2.45, 2.75) is 85.9 Å². The number of aliphatic hydroxyl groups is 1. The highest BCUT2D eigenvalue weighted by Gasteiger charge is 2.28. The summed E-state index contributed by atoms with van der Waals surface area (Å²) in [5, 5.41) is 20.9. The summed E-state index contributed by atoms with van der Waals surface area (Å²) in [5.41, 5.74) is 5.49. The van der Waals surface area contributed by atoms with Crippen LogP contribution in [0, 0.1) is 11.8 Å². The van der Waals surface area contributed by atoms with Crippen molar-refractivity contribution in [3.8, 4) is 0 Å². The maximum absolute atomic E-state index is 13.1. The molecule has 45 heavy (non-hydrogen) atoms. The molecule has 0 radical (unpaired) electrons.